The highest BCUT2D eigenvalue weighted by molar-refractivity contribution is 5.91. The molecule has 0 aliphatic carbocycles. The van der Waals surface area contributed by atoms with Crippen LogP contribution in [0.3, 0.4) is 0 Å². The average Bonchev–Trinajstić information content (AvgIpc) is 2.55. The van der Waals surface area contributed by atoms with Crippen molar-refractivity contribution >= 4 is 5.91 Å². The van der Waals surface area contributed by atoms with E-state index in [0.717, 1.165) is 0 Å². The van der Waals surface area contributed by atoms with Crippen LogP contribution in [-0.4, -0.2) is 25.7 Å². The zero-order valence-electron chi connectivity index (χ0n) is 7.74. The van der Waals surface area contributed by atoms with Gasteiger partial charge in [0.1, 0.15) is 0 Å². The highest BCUT2D eigenvalue weighted by atomic mass is 16.5. The highest BCUT2D eigenvalue weighted by Gasteiger charge is 2.10. The summed E-state index contributed by atoms with van der Waals surface area (Å²) in [5, 5.41) is 2.73. The molecule has 4 nitrogen and oxygen atoms in total. The summed E-state index contributed by atoms with van der Waals surface area (Å²) in [6.45, 7) is 2.36. The molecule has 1 unspecified atom stereocenters. The van der Waals surface area contributed by atoms with Crippen molar-refractivity contribution < 1.29 is 13.9 Å². The molecule has 1 amide bonds. The Labute approximate surface area is 76.9 Å². The lowest BCUT2D eigenvalue weighted by molar-refractivity contribution is 0.0878. The molecule has 1 aromatic heterocycles. The van der Waals surface area contributed by atoms with E-state index in [0.29, 0.717) is 12.4 Å². The van der Waals surface area contributed by atoms with E-state index in [-0.39, 0.29) is 11.9 Å². The minimum atomic E-state index is -0.213. The van der Waals surface area contributed by atoms with Crippen molar-refractivity contribution in [3.05, 3.63) is 24.2 Å². The van der Waals surface area contributed by atoms with Crippen molar-refractivity contribution in [2.45, 2.75) is 13.0 Å². The van der Waals surface area contributed by atoms with Crippen LogP contribution in [0.15, 0.2) is 22.8 Å². The Bertz CT molecular complexity index is 256. The monoisotopic (exact) mass is 183 g/mol. The van der Waals surface area contributed by atoms with Crippen LogP contribution < -0.4 is 5.32 Å². The fourth-order valence-electron chi connectivity index (χ4n) is 0.994. The summed E-state index contributed by atoms with van der Waals surface area (Å²) in [6.07, 6.45) is 1.47. The second kappa shape index (κ2) is 4.67. The van der Waals surface area contributed by atoms with Crippen molar-refractivity contribution in [2.24, 2.45) is 0 Å². The number of hydrogen-bond acceptors (Lipinski definition) is 3. The lowest BCUT2D eigenvalue weighted by atomic mass is 10.3. The molecule has 0 radical (unpaired) electrons. The van der Waals surface area contributed by atoms with Gasteiger partial charge in [-0.3, -0.25) is 4.79 Å². The molecule has 1 heterocycles. The maximum absolute atomic E-state index is 11.3. The average molecular weight is 183 g/mol. The van der Waals surface area contributed by atoms with Crippen molar-refractivity contribution in [3.8, 4) is 0 Å². The lowest BCUT2D eigenvalue weighted by Gasteiger charge is -2.10. The first-order chi connectivity index (χ1) is 6.24. The summed E-state index contributed by atoms with van der Waals surface area (Å²) in [7, 11) is 1.59. The standard InChI is InChI=1S/C9H13NO3/c1-7(6-12-2)10-9(11)8-4-3-5-13-8/h3-5,7H,6H2,1-2H3,(H,10,11). The number of nitrogens with one attached hydrogen (secondary N) is 1. The van der Waals surface area contributed by atoms with Gasteiger partial charge in [0.25, 0.3) is 5.91 Å². The Kier molecular flexibility index (Phi) is 3.52. The molecule has 1 N–H and O–H groups in total. The van der Waals surface area contributed by atoms with Crippen LogP contribution in [0.1, 0.15) is 17.5 Å². The Morgan fingerprint density at radius 2 is 2.54 bits per heavy atom. The van der Waals surface area contributed by atoms with Crippen molar-refractivity contribution in [3.63, 3.8) is 0 Å². The van der Waals surface area contributed by atoms with Gasteiger partial charge in [0.05, 0.1) is 12.9 Å². The van der Waals surface area contributed by atoms with E-state index < -0.39 is 0 Å². The maximum atomic E-state index is 11.3. The minimum Gasteiger partial charge on any atom is -0.459 e. The normalized spacial score (nSPS) is 12.5. The number of methoxy groups -OCH3 is 1. The van der Waals surface area contributed by atoms with Gasteiger partial charge in [-0.15, -0.1) is 0 Å². The van der Waals surface area contributed by atoms with Crippen LogP contribution in [0.2, 0.25) is 0 Å². The number of carbonyl (C=O) groups is 1. The summed E-state index contributed by atoms with van der Waals surface area (Å²) in [6, 6.07) is 3.28. The SMILES string of the molecule is COCC(C)NC(=O)c1ccco1. The summed E-state index contributed by atoms with van der Waals surface area (Å²) < 4.78 is 9.80. The van der Waals surface area contributed by atoms with Crippen LogP contribution >= 0.6 is 0 Å². The number of hydrogen-bond donors (Lipinski definition) is 1. The summed E-state index contributed by atoms with van der Waals surface area (Å²) in [4.78, 5) is 11.3. The molecule has 0 saturated heterocycles. The molecule has 4 heteroatoms. The van der Waals surface area contributed by atoms with E-state index in [1.54, 1.807) is 19.2 Å². The smallest absolute Gasteiger partial charge is 0.287 e. The van der Waals surface area contributed by atoms with Crippen LogP contribution in [0, 0.1) is 0 Å². The maximum Gasteiger partial charge on any atom is 0.287 e. The van der Waals surface area contributed by atoms with Gasteiger partial charge in [-0.25, -0.2) is 0 Å². The third kappa shape index (κ3) is 2.91. The Balaban J connectivity index is 2.42. The summed E-state index contributed by atoms with van der Waals surface area (Å²) >= 11 is 0. The van der Waals surface area contributed by atoms with Crippen molar-refractivity contribution in [1.29, 1.82) is 0 Å². The lowest BCUT2D eigenvalue weighted by Crippen LogP contribution is -2.35. The zero-order chi connectivity index (χ0) is 9.68. The van der Waals surface area contributed by atoms with Crippen LogP contribution in [-0.2, 0) is 4.74 Å². The van der Waals surface area contributed by atoms with Crippen LogP contribution in [0.5, 0.6) is 0 Å². The van der Waals surface area contributed by atoms with Gasteiger partial charge in [-0.2, -0.15) is 0 Å². The largest absolute Gasteiger partial charge is 0.459 e. The number of carbonyl (C=O) groups excluding carboxylic acids is 1. The first-order valence-electron chi connectivity index (χ1n) is 4.07. The molecular weight excluding hydrogens is 170 g/mol. The van der Waals surface area contributed by atoms with E-state index >= 15 is 0 Å². The van der Waals surface area contributed by atoms with Gasteiger partial charge < -0.3 is 14.5 Å². The Morgan fingerprint density at radius 1 is 1.77 bits per heavy atom. The van der Waals surface area contributed by atoms with E-state index in [1.807, 2.05) is 6.92 Å². The molecule has 0 bridgehead atoms. The number of furan rings is 1. The first-order valence-corrected chi connectivity index (χ1v) is 4.07. The van der Waals surface area contributed by atoms with Gasteiger partial charge in [0.2, 0.25) is 0 Å². The molecule has 0 spiro atoms. The quantitative estimate of drug-likeness (QED) is 0.758. The molecule has 0 aliphatic rings. The molecule has 1 aromatic rings. The molecule has 13 heavy (non-hydrogen) atoms. The van der Waals surface area contributed by atoms with Crippen molar-refractivity contribution in [1.82, 2.24) is 5.32 Å². The van der Waals surface area contributed by atoms with E-state index in [1.165, 1.54) is 6.26 Å². The second-order valence-electron chi connectivity index (χ2n) is 2.81. The van der Waals surface area contributed by atoms with Crippen LogP contribution in [0.25, 0.3) is 0 Å². The van der Waals surface area contributed by atoms with Gasteiger partial charge >= 0.3 is 0 Å². The fourth-order valence-corrected chi connectivity index (χ4v) is 0.994. The third-order valence-electron chi connectivity index (χ3n) is 1.54. The molecule has 1 rings (SSSR count). The van der Waals surface area contributed by atoms with E-state index in [9.17, 15) is 4.79 Å². The van der Waals surface area contributed by atoms with E-state index in [4.69, 9.17) is 9.15 Å². The molecule has 0 saturated carbocycles. The molecule has 1 atom stereocenters. The minimum absolute atomic E-state index is 0.0115. The molecule has 0 aromatic carbocycles. The highest BCUT2D eigenvalue weighted by Crippen LogP contribution is 1.99. The summed E-state index contributed by atoms with van der Waals surface area (Å²) in [5.41, 5.74) is 0. The predicted octanol–water partition coefficient (Wildman–Crippen LogP) is 1.04. The zero-order valence-corrected chi connectivity index (χ0v) is 7.74. The predicted molar refractivity (Wildman–Crippen MR) is 47.5 cm³/mol. The Hall–Kier alpha value is -1.29. The number of amides is 1. The molecular formula is C9H13NO3. The van der Waals surface area contributed by atoms with Crippen LogP contribution in [0.4, 0.5) is 0 Å². The van der Waals surface area contributed by atoms with Crippen molar-refractivity contribution in [2.75, 3.05) is 13.7 Å². The first kappa shape index (κ1) is 9.80. The summed E-state index contributed by atoms with van der Waals surface area (Å²) in [5.74, 6) is 0.109. The third-order valence-corrected chi connectivity index (χ3v) is 1.54. The van der Waals surface area contributed by atoms with E-state index in [2.05, 4.69) is 5.32 Å². The van der Waals surface area contributed by atoms with Gasteiger partial charge in [-0.1, -0.05) is 0 Å². The fraction of sp³-hybridized carbons (Fsp3) is 0.444. The number of rotatable bonds is 4. The van der Waals surface area contributed by atoms with Gasteiger partial charge in [0, 0.05) is 13.2 Å². The molecule has 0 fully saturated rings. The number of ether oxygens (including phenoxy) is 1. The van der Waals surface area contributed by atoms with Gasteiger partial charge in [0.15, 0.2) is 5.76 Å². The second-order valence-corrected chi connectivity index (χ2v) is 2.81. The Morgan fingerprint density at radius 3 is 3.08 bits per heavy atom. The molecule has 0 aliphatic heterocycles. The molecule has 72 valence electrons. The topological polar surface area (TPSA) is 51.5 Å². The van der Waals surface area contributed by atoms with Gasteiger partial charge in [-0.05, 0) is 19.1 Å².